The van der Waals surface area contributed by atoms with Crippen molar-refractivity contribution in [1.82, 2.24) is 10.6 Å². The van der Waals surface area contributed by atoms with Gasteiger partial charge >= 0.3 is 12.4 Å². The fraction of sp³-hybridized carbons (Fsp3) is 0.333. The van der Waals surface area contributed by atoms with Crippen LogP contribution in [0.15, 0.2) is 36.4 Å². The van der Waals surface area contributed by atoms with E-state index in [-0.39, 0.29) is 26.2 Å². The van der Waals surface area contributed by atoms with Gasteiger partial charge in [0, 0.05) is 5.92 Å². The highest BCUT2D eigenvalue weighted by atomic mass is 35.5. The fourth-order valence-electron chi connectivity index (χ4n) is 3.16. The van der Waals surface area contributed by atoms with Gasteiger partial charge in [0.05, 0.1) is 38.3 Å². The minimum absolute atomic E-state index is 0.140. The van der Waals surface area contributed by atoms with E-state index in [2.05, 4.69) is 10.6 Å². The fourth-order valence-corrected chi connectivity index (χ4v) is 3.77. The van der Waals surface area contributed by atoms with Gasteiger partial charge in [-0.05, 0) is 42.3 Å². The number of halogens is 9. The summed E-state index contributed by atoms with van der Waals surface area (Å²) < 4.78 is 82.4. The van der Waals surface area contributed by atoms with Crippen molar-refractivity contribution in [3.63, 3.8) is 0 Å². The lowest BCUT2D eigenvalue weighted by Gasteiger charge is -2.20. The van der Waals surface area contributed by atoms with E-state index in [1.165, 1.54) is 6.92 Å². The molecule has 0 aromatic heterocycles. The number of nitrogens with one attached hydrogen (secondary N) is 2. The van der Waals surface area contributed by atoms with Crippen LogP contribution in [0.1, 0.15) is 53.7 Å². The Bertz CT molecular complexity index is 1170. The highest BCUT2D eigenvalue weighted by Crippen LogP contribution is 2.41. The van der Waals surface area contributed by atoms with Gasteiger partial charge in [0.25, 0.3) is 5.91 Å². The predicted molar refractivity (Wildman–Crippen MR) is 131 cm³/mol. The van der Waals surface area contributed by atoms with Crippen LogP contribution in [0.4, 0.5) is 26.3 Å². The quantitative estimate of drug-likeness (QED) is 0.196. The van der Waals surface area contributed by atoms with Crippen molar-refractivity contribution < 1.29 is 35.9 Å². The minimum Gasteiger partial charge on any atom is -0.336 e. The molecule has 0 aliphatic carbocycles. The summed E-state index contributed by atoms with van der Waals surface area (Å²) in [6.07, 6.45) is -9.32. The maximum absolute atomic E-state index is 13.7. The molecule has 0 bridgehead atoms. The van der Waals surface area contributed by atoms with E-state index in [0.717, 1.165) is 30.3 Å². The molecule has 4 nitrogen and oxygen atoms in total. The summed E-state index contributed by atoms with van der Waals surface area (Å²) in [5.41, 5.74) is -2.74. The smallest absolute Gasteiger partial charge is 0.336 e. The summed E-state index contributed by atoms with van der Waals surface area (Å²) in [6, 6.07) is 4.39. The van der Waals surface area contributed by atoms with E-state index in [0.29, 0.717) is 12.1 Å². The Balaban J connectivity index is 2.41. The molecular weight excluding hydrogens is 569 g/mol. The first-order valence-electron chi connectivity index (χ1n) is 10.6. The Morgan fingerprint density at radius 3 is 1.95 bits per heavy atom. The zero-order valence-electron chi connectivity index (χ0n) is 19.5. The van der Waals surface area contributed by atoms with Crippen LogP contribution in [0.3, 0.4) is 0 Å². The molecule has 0 heterocycles. The Morgan fingerprint density at radius 2 is 1.46 bits per heavy atom. The van der Waals surface area contributed by atoms with Gasteiger partial charge in [-0.1, -0.05) is 66.9 Å². The highest BCUT2D eigenvalue weighted by molar-refractivity contribution is 6.48. The summed E-state index contributed by atoms with van der Waals surface area (Å²) in [4.78, 5) is 24.2. The highest BCUT2D eigenvalue weighted by Gasteiger charge is 2.40. The molecule has 0 aliphatic rings. The van der Waals surface area contributed by atoms with Gasteiger partial charge in [-0.25, -0.2) is 0 Å². The molecule has 2 aromatic rings. The molecule has 2 rings (SSSR count). The van der Waals surface area contributed by atoms with Crippen molar-refractivity contribution in [3.8, 4) is 0 Å². The van der Waals surface area contributed by atoms with Crippen LogP contribution in [-0.2, 0) is 11.0 Å². The number of allylic oxidation sites excluding steroid dienone is 1. The second kappa shape index (κ2) is 12.0. The first kappa shape index (κ1) is 30.8. The van der Waals surface area contributed by atoms with Gasteiger partial charge < -0.3 is 10.6 Å². The van der Waals surface area contributed by atoms with Gasteiger partial charge in [-0.3, -0.25) is 9.59 Å². The molecule has 0 fully saturated rings. The van der Waals surface area contributed by atoms with E-state index < -0.39 is 53.3 Å². The number of hydrogen-bond acceptors (Lipinski definition) is 2. The lowest BCUT2D eigenvalue weighted by atomic mass is 9.96. The monoisotopic (exact) mass is 588 g/mol. The average Bonchev–Trinajstić information content (AvgIpc) is 2.75. The lowest BCUT2D eigenvalue weighted by Crippen LogP contribution is -2.47. The first-order chi connectivity index (χ1) is 16.9. The molecular formula is C24H21Cl3F6N2O2. The molecule has 2 aromatic carbocycles. The van der Waals surface area contributed by atoms with E-state index >= 15 is 0 Å². The van der Waals surface area contributed by atoms with Crippen LogP contribution in [-0.4, -0.2) is 24.2 Å². The van der Waals surface area contributed by atoms with Crippen LogP contribution in [0.25, 0.3) is 6.08 Å². The Labute approximate surface area is 224 Å². The van der Waals surface area contributed by atoms with E-state index in [1.807, 2.05) is 0 Å². The Hall–Kier alpha value is -2.43. The third-order valence-electron chi connectivity index (χ3n) is 5.02. The molecule has 0 saturated heterocycles. The van der Waals surface area contributed by atoms with Crippen molar-refractivity contribution in [1.29, 1.82) is 0 Å². The number of carbonyl (C=O) groups is 2. The molecule has 202 valence electrons. The zero-order valence-corrected chi connectivity index (χ0v) is 21.8. The van der Waals surface area contributed by atoms with Crippen LogP contribution < -0.4 is 10.6 Å². The summed E-state index contributed by atoms with van der Waals surface area (Å²) in [5.74, 6) is -4.23. The predicted octanol–water partition coefficient (Wildman–Crippen LogP) is 7.87. The molecule has 1 unspecified atom stereocenters. The third-order valence-corrected chi connectivity index (χ3v) is 6.22. The minimum atomic E-state index is -5.00. The number of carbonyl (C=O) groups excluding carboxylic acids is 2. The number of rotatable bonds is 7. The van der Waals surface area contributed by atoms with Crippen LogP contribution >= 0.6 is 34.8 Å². The Kier molecular flexibility index (Phi) is 9.95. The number of hydrogen-bond donors (Lipinski definition) is 2. The molecule has 0 radical (unpaired) electrons. The van der Waals surface area contributed by atoms with Crippen molar-refractivity contribution in [2.75, 3.05) is 0 Å². The van der Waals surface area contributed by atoms with Crippen LogP contribution in [0.2, 0.25) is 15.1 Å². The maximum atomic E-state index is 13.7. The number of alkyl halides is 6. The van der Waals surface area contributed by atoms with Gasteiger partial charge in [0.15, 0.2) is 0 Å². The summed E-state index contributed by atoms with van der Waals surface area (Å²) in [5, 5.41) is 4.09. The van der Waals surface area contributed by atoms with Gasteiger partial charge in [-0.15, -0.1) is 0 Å². The molecule has 2 N–H and O–H groups in total. The molecule has 2 atom stereocenters. The summed E-state index contributed by atoms with van der Waals surface area (Å²) in [6.45, 7) is 4.56. The summed E-state index contributed by atoms with van der Waals surface area (Å²) in [7, 11) is 0. The number of benzene rings is 2. The van der Waals surface area contributed by atoms with Gasteiger partial charge in [0.2, 0.25) is 5.91 Å². The van der Waals surface area contributed by atoms with Gasteiger partial charge in [0.1, 0.15) is 0 Å². The number of amides is 2. The van der Waals surface area contributed by atoms with Crippen molar-refractivity contribution >= 4 is 52.7 Å². The SMILES string of the molecule is CC(C)C(=O)N[C@@H](C)NC(=O)c1ccc(/C=C/C(c2cc(Cl)c(Cl)c(Cl)c2)C(F)(F)F)cc1C(F)(F)F. The molecule has 0 aliphatic heterocycles. The molecule has 0 spiro atoms. The van der Waals surface area contributed by atoms with E-state index in [4.69, 9.17) is 34.8 Å². The average molecular weight is 590 g/mol. The normalized spacial score (nSPS) is 14.1. The van der Waals surface area contributed by atoms with Crippen molar-refractivity contribution in [3.05, 3.63) is 73.7 Å². The molecule has 37 heavy (non-hydrogen) atoms. The lowest BCUT2D eigenvalue weighted by molar-refractivity contribution is -0.139. The van der Waals surface area contributed by atoms with Gasteiger partial charge in [-0.2, -0.15) is 26.3 Å². The Morgan fingerprint density at radius 1 is 0.892 bits per heavy atom. The molecule has 0 saturated carbocycles. The second-order valence-electron chi connectivity index (χ2n) is 8.34. The maximum Gasteiger partial charge on any atom is 0.417 e. The molecule has 2 amide bonds. The van der Waals surface area contributed by atoms with E-state index in [1.54, 1.807) is 13.8 Å². The zero-order chi connectivity index (χ0) is 28.3. The van der Waals surface area contributed by atoms with Crippen molar-refractivity contribution in [2.45, 2.75) is 45.2 Å². The van der Waals surface area contributed by atoms with Crippen LogP contribution in [0, 0.1) is 5.92 Å². The first-order valence-corrected chi connectivity index (χ1v) is 11.8. The summed E-state index contributed by atoms with van der Waals surface area (Å²) >= 11 is 17.5. The largest absolute Gasteiger partial charge is 0.417 e. The third kappa shape index (κ3) is 8.28. The van der Waals surface area contributed by atoms with E-state index in [9.17, 15) is 35.9 Å². The van der Waals surface area contributed by atoms with Crippen molar-refractivity contribution in [2.24, 2.45) is 5.92 Å². The van der Waals surface area contributed by atoms with Crippen LogP contribution in [0.5, 0.6) is 0 Å². The second-order valence-corrected chi connectivity index (χ2v) is 9.53. The molecule has 13 heteroatoms. The standard InChI is InChI=1S/C24H21Cl3F6N2O2/c1-11(2)21(36)34-12(3)35-22(37)15-6-4-13(8-17(15)24(31,32)33)5-7-16(23(28,29)30)14-9-18(25)20(27)19(26)10-14/h4-12,16H,1-3H3,(H,34,36)(H,35,37)/b7-5+/t12-,16?/m1/s1. The topological polar surface area (TPSA) is 58.2 Å².